The number of methoxy groups -OCH3 is 1. The van der Waals surface area contributed by atoms with Crippen molar-refractivity contribution in [2.45, 2.75) is 6.61 Å². The van der Waals surface area contributed by atoms with Crippen LogP contribution in [0.1, 0.15) is 5.69 Å². The average molecular weight is 322 g/mol. The van der Waals surface area contributed by atoms with Gasteiger partial charge in [-0.05, 0) is 41.6 Å². The molecular weight excluding hydrogens is 308 g/mol. The van der Waals surface area contributed by atoms with E-state index in [4.69, 9.17) is 9.57 Å². The first-order chi connectivity index (χ1) is 11.8. The van der Waals surface area contributed by atoms with Crippen LogP contribution in [-0.2, 0) is 6.61 Å². The van der Waals surface area contributed by atoms with E-state index in [2.05, 4.69) is 20.6 Å². The molecule has 4 rings (SSSR count). The Balaban J connectivity index is 1.48. The summed E-state index contributed by atoms with van der Waals surface area (Å²) in [5.74, 6) is 0.792. The number of ether oxygens (including phenoxy) is 1. The van der Waals surface area contributed by atoms with Crippen LogP contribution in [0.2, 0.25) is 0 Å². The van der Waals surface area contributed by atoms with Gasteiger partial charge in [-0.15, -0.1) is 10.2 Å². The maximum Gasteiger partial charge on any atom is 0.162 e. The topological polar surface area (TPSA) is 79.9 Å². The molecule has 0 saturated heterocycles. The first kappa shape index (κ1) is 14.2. The fourth-order valence-corrected chi connectivity index (χ4v) is 2.30. The molecule has 0 N–H and O–H groups in total. The van der Waals surface area contributed by atoms with Crippen molar-refractivity contribution in [1.29, 1.82) is 0 Å². The Morgan fingerprint density at radius 1 is 0.958 bits per heavy atom. The molecule has 0 fully saturated rings. The van der Waals surface area contributed by atoms with Crippen LogP contribution in [-0.4, -0.2) is 37.3 Å². The van der Waals surface area contributed by atoms with E-state index in [1.165, 1.54) is 4.85 Å². The normalized spacial score (nSPS) is 10.9. The van der Waals surface area contributed by atoms with Crippen LogP contribution in [0, 0.1) is 0 Å². The maximum atomic E-state index is 5.64. The van der Waals surface area contributed by atoms with Gasteiger partial charge in [0.25, 0.3) is 0 Å². The Morgan fingerprint density at radius 3 is 2.62 bits per heavy atom. The van der Waals surface area contributed by atoms with Crippen LogP contribution in [0.15, 0.2) is 54.7 Å². The van der Waals surface area contributed by atoms with Crippen LogP contribution < -0.4 is 9.57 Å². The number of benzene rings is 2. The third-order valence-corrected chi connectivity index (χ3v) is 3.53. The highest BCUT2D eigenvalue weighted by molar-refractivity contribution is 5.73. The Kier molecular flexibility index (Phi) is 3.54. The van der Waals surface area contributed by atoms with E-state index in [1.54, 1.807) is 18.0 Å². The molecule has 8 heteroatoms. The molecule has 8 nitrogen and oxygen atoms in total. The molecule has 120 valence electrons. The Labute approximate surface area is 137 Å². The monoisotopic (exact) mass is 322 g/mol. The molecule has 0 aliphatic heterocycles. The van der Waals surface area contributed by atoms with Gasteiger partial charge in [-0.1, -0.05) is 22.2 Å². The number of rotatable bonds is 5. The largest absolute Gasteiger partial charge is 0.497 e. The zero-order valence-electron chi connectivity index (χ0n) is 12.9. The highest BCUT2D eigenvalue weighted by Crippen LogP contribution is 2.14. The molecule has 0 spiro atoms. The van der Waals surface area contributed by atoms with Crippen molar-refractivity contribution in [3.05, 3.63) is 60.4 Å². The second-order valence-electron chi connectivity index (χ2n) is 5.08. The van der Waals surface area contributed by atoms with Crippen molar-refractivity contribution in [1.82, 2.24) is 30.2 Å². The minimum atomic E-state index is 0.240. The van der Waals surface area contributed by atoms with Crippen LogP contribution in [0.5, 0.6) is 5.75 Å². The lowest BCUT2D eigenvalue weighted by molar-refractivity contribution is 0.0731. The van der Waals surface area contributed by atoms with Gasteiger partial charge in [0.2, 0.25) is 0 Å². The van der Waals surface area contributed by atoms with Gasteiger partial charge in [-0.2, -0.15) is 0 Å². The predicted octanol–water partition coefficient (Wildman–Crippen LogP) is 1.65. The number of fused-ring (bicyclic) bond motifs is 1. The summed E-state index contributed by atoms with van der Waals surface area (Å²) in [4.78, 5) is 7.03. The molecule has 0 atom stereocenters. The van der Waals surface area contributed by atoms with Gasteiger partial charge >= 0.3 is 0 Å². The molecule has 0 unspecified atom stereocenters. The van der Waals surface area contributed by atoms with Crippen LogP contribution >= 0.6 is 0 Å². The summed E-state index contributed by atoms with van der Waals surface area (Å²) in [6.07, 6.45) is 1.81. The van der Waals surface area contributed by atoms with E-state index in [9.17, 15) is 0 Å². The summed E-state index contributed by atoms with van der Waals surface area (Å²) in [5, 5.41) is 16.2. The summed E-state index contributed by atoms with van der Waals surface area (Å²) < 4.78 is 6.82. The number of para-hydroxylation sites is 1. The van der Waals surface area contributed by atoms with Crippen LogP contribution in [0.3, 0.4) is 0 Å². The van der Waals surface area contributed by atoms with Crippen molar-refractivity contribution < 1.29 is 9.57 Å². The number of aromatic nitrogens is 6. The van der Waals surface area contributed by atoms with E-state index in [0.29, 0.717) is 5.69 Å². The third-order valence-electron chi connectivity index (χ3n) is 3.53. The standard InChI is InChI=1S/C16H14N6O2/c1-23-14-8-6-13(7-9-14)21-10-12(17-19-21)11-24-22-16-5-3-2-4-15(16)18-20-22/h2-10H,11H2,1H3. The summed E-state index contributed by atoms with van der Waals surface area (Å²) in [5.41, 5.74) is 3.16. The molecule has 2 aromatic heterocycles. The Morgan fingerprint density at radius 2 is 1.79 bits per heavy atom. The average Bonchev–Trinajstić information content (AvgIpc) is 3.27. The lowest BCUT2D eigenvalue weighted by Crippen LogP contribution is -2.13. The number of nitrogens with zero attached hydrogens (tertiary/aromatic N) is 6. The van der Waals surface area contributed by atoms with Gasteiger partial charge in [-0.3, -0.25) is 0 Å². The van der Waals surface area contributed by atoms with Crippen molar-refractivity contribution in [3.63, 3.8) is 0 Å². The summed E-state index contributed by atoms with van der Waals surface area (Å²) in [6.45, 7) is 0.240. The second kappa shape index (κ2) is 5.99. The van der Waals surface area contributed by atoms with Gasteiger partial charge in [0.05, 0.1) is 19.0 Å². The molecule has 0 aliphatic carbocycles. The summed E-state index contributed by atoms with van der Waals surface area (Å²) >= 11 is 0. The molecule has 0 amide bonds. The van der Waals surface area contributed by atoms with Gasteiger partial charge in [0, 0.05) is 0 Å². The van der Waals surface area contributed by atoms with E-state index >= 15 is 0 Å². The third kappa shape index (κ3) is 2.65. The highest BCUT2D eigenvalue weighted by Gasteiger charge is 2.07. The first-order valence-corrected chi connectivity index (χ1v) is 7.33. The van der Waals surface area contributed by atoms with Crippen LogP contribution in [0.4, 0.5) is 0 Å². The van der Waals surface area contributed by atoms with Gasteiger partial charge in [0.1, 0.15) is 22.5 Å². The fraction of sp³-hybridized carbons (Fsp3) is 0.125. The zero-order valence-corrected chi connectivity index (χ0v) is 12.9. The Bertz CT molecular complexity index is 960. The molecule has 0 radical (unpaired) electrons. The molecule has 0 aliphatic rings. The minimum absolute atomic E-state index is 0.240. The molecular formula is C16H14N6O2. The highest BCUT2D eigenvalue weighted by atomic mass is 16.7. The first-order valence-electron chi connectivity index (χ1n) is 7.33. The predicted molar refractivity (Wildman–Crippen MR) is 85.7 cm³/mol. The minimum Gasteiger partial charge on any atom is -0.497 e. The molecule has 4 aromatic rings. The SMILES string of the molecule is COc1ccc(-n2cc(COn3nnc4ccccc43)nn2)cc1. The quantitative estimate of drug-likeness (QED) is 0.556. The van der Waals surface area contributed by atoms with E-state index < -0.39 is 0 Å². The molecule has 0 bridgehead atoms. The molecule has 2 aromatic carbocycles. The van der Waals surface area contributed by atoms with Gasteiger partial charge in [0.15, 0.2) is 6.61 Å². The fourth-order valence-electron chi connectivity index (χ4n) is 2.30. The molecule has 2 heterocycles. The van der Waals surface area contributed by atoms with Crippen molar-refractivity contribution in [2.24, 2.45) is 0 Å². The van der Waals surface area contributed by atoms with Gasteiger partial charge in [-0.25, -0.2) is 4.68 Å². The van der Waals surface area contributed by atoms with Gasteiger partial charge < -0.3 is 9.57 Å². The van der Waals surface area contributed by atoms with Crippen molar-refractivity contribution in [2.75, 3.05) is 7.11 Å². The zero-order chi connectivity index (χ0) is 16.4. The second-order valence-corrected chi connectivity index (χ2v) is 5.08. The molecule has 0 saturated carbocycles. The van der Waals surface area contributed by atoms with E-state index in [0.717, 1.165) is 22.5 Å². The number of hydrogen-bond donors (Lipinski definition) is 0. The summed E-state index contributed by atoms with van der Waals surface area (Å²) in [7, 11) is 1.63. The van der Waals surface area contributed by atoms with Crippen molar-refractivity contribution >= 4 is 11.0 Å². The Hall–Kier alpha value is -3.42. The maximum absolute atomic E-state index is 5.64. The van der Waals surface area contributed by atoms with E-state index in [-0.39, 0.29) is 6.61 Å². The number of hydrogen-bond acceptors (Lipinski definition) is 6. The van der Waals surface area contributed by atoms with Crippen LogP contribution in [0.25, 0.3) is 16.7 Å². The lowest BCUT2D eigenvalue weighted by Gasteiger charge is -2.03. The van der Waals surface area contributed by atoms with Crippen molar-refractivity contribution in [3.8, 4) is 11.4 Å². The lowest BCUT2D eigenvalue weighted by atomic mass is 10.3. The summed E-state index contributed by atoms with van der Waals surface area (Å²) in [6, 6.07) is 15.1. The molecule has 24 heavy (non-hydrogen) atoms. The smallest absolute Gasteiger partial charge is 0.162 e. The van der Waals surface area contributed by atoms with E-state index in [1.807, 2.05) is 48.5 Å².